The third-order valence-corrected chi connectivity index (χ3v) is 3.71. The fourth-order valence-corrected chi connectivity index (χ4v) is 2.43. The van der Waals surface area contributed by atoms with E-state index >= 15 is 0 Å². The van der Waals surface area contributed by atoms with Crippen LogP contribution < -0.4 is 15.8 Å². The number of anilines is 2. The van der Waals surface area contributed by atoms with Crippen molar-refractivity contribution in [3.05, 3.63) is 51.5 Å². The Morgan fingerprint density at radius 2 is 2.10 bits per heavy atom. The lowest BCUT2D eigenvalue weighted by Crippen LogP contribution is -2.13. The maximum atomic E-state index is 12.2. The highest BCUT2D eigenvalue weighted by atomic mass is 79.9. The molecule has 0 fully saturated rings. The van der Waals surface area contributed by atoms with Crippen LogP contribution in [-0.4, -0.2) is 12.5 Å². The van der Waals surface area contributed by atoms with Gasteiger partial charge in [0.2, 0.25) is 0 Å². The molecule has 0 unspecified atom stereocenters. The van der Waals surface area contributed by atoms with Crippen LogP contribution in [0.1, 0.15) is 17.3 Å². The molecule has 0 aliphatic carbocycles. The highest BCUT2D eigenvalue weighted by Gasteiger charge is 2.12. The molecule has 0 aliphatic rings. The fourth-order valence-electron chi connectivity index (χ4n) is 1.77. The van der Waals surface area contributed by atoms with Crippen LogP contribution in [0.15, 0.2) is 40.9 Å². The standard InChI is InChI=1S/C15H14BrClN2O2/c1-2-21-14-6-4-10(8-13(14)17)19-15(20)11-7-9(18)3-5-12(11)16/h3-8H,2,18H2,1H3,(H,19,20). The minimum atomic E-state index is -0.269. The van der Waals surface area contributed by atoms with Crippen LogP contribution in [0.25, 0.3) is 0 Å². The van der Waals surface area contributed by atoms with Crippen LogP contribution in [0.3, 0.4) is 0 Å². The van der Waals surface area contributed by atoms with Gasteiger partial charge in [-0.15, -0.1) is 0 Å². The van der Waals surface area contributed by atoms with Crippen LogP contribution in [-0.2, 0) is 0 Å². The van der Waals surface area contributed by atoms with Crippen molar-refractivity contribution >= 4 is 44.8 Å². The maximum Gasteiger partial charge on any atom is 0.256 e. The zero-order valence-electron chi connectivity index (χ0n) is 11.3. The molecule has 1 amide bonds. The predicted octanol–water partition coefficient (Wildman–Crippen LogP) is 4.34. The van der Waals surface area contributed by atoms with Crippen molar-refractivity contribution in [2.24, 2.45) is 0 Å². The van der Waals surface area contributed by atoms with Gasteiger partial charge < -0.3 is 15.8 Å². The Morgan fingerprint density at radius 1 is 1.33 bits per heavy atom. The molecule has 0 aliphatic heterocycles. The first-order valence-corrected chi connectivity index (χ1v) is 7.47. The Morgan fingerprint density at radius 3 is 2.76 bits per heavy atom. The molecular weight excluding hydrogens is 356 g/mol. The number of hydrogen-bond donors (Lipinski definition) is 2. The van der Waals surface area contributed by atoms with Gasteiger partial charge in [-0.3, -0.25) is 4.79 Å². The van der Waals surface area contributed by atoms with E-state index in [4.69, 9.17) is 22.1 Å². The zero-order chi connectivity index (χ0) is 15.4. The Kier molecular flexibility index (Phi) is 5.09. The summed E-state index contributed by atoms with van der Waals surface area (Å²) in [6, 6.07) is 10.1. The smallest absolute Gasteiger partial charge is 0.256 e. The molecule has 21 heavy (non-hydrogen) atoms. The largest absolute Gasteiger partial charge is 0.492 e. The van der Waals surface area contributed by atoms with Gasteiger partial charge in [0.15, 0.2) is 0 Å². The summed E-state index contributed by atoms with van der Waals surface area (Å²) in [5.74, 6) is 0.316. The maximum absolute atomic E-state index is 12.2. The molecule has 3 N–H and O–H groups in total. The van der Waals surface area contributed by atoms with Crippen LogP contribution in [0.5, 0.6) is 5.75 Å². The van der Waals surface area contributed by atoms with Gasteiger partial charge in [0.1, 0.15) is 5.75 Å². The lowest BCUT2D eigenvalue weighted by molar-refractivity contribution is 0.102. The Labute approximate surface area is 136 Å². The van der Waals surface area contributed by atoms with Crippen LogP contribution >= 0.6 is 27.5 Å². The topological polar surface area (TPSA) is 64.3 Å². The van der Waals surface area contributed by atoms with E-state index in [-0.39, 0.29) is 5.91 Å². The first-order chi connectivity index (χ1) is 10.0. The number of amides is 1. The summed E-state index contributed by atoms with van der Waals surface area (Å²) in [6.45, 7) is 2.41. The normalized spacial score (nSPS) is 10.2. The van der Waals surface area contributed by atoms with Crippen molar-refractivity contribution in [3.8, 4) is 5.75 Å². The average Bonchev–Trinajstić information content (AvgIpc) is 2.44. The summed E-state index contributed by atoms with van der Waals surface area (Å²) < 4.78 is 6.02. The molecule has 0 spiro atoms. The molecular formula is C15H14BrClN2O2. The summed E-state index contributed by atoms with van der Waals surface area (Å²) in [4.78, 5) is 12.2. The Balaban J connectivity index is 2.19. The highest BCUT2D eigenvalue weighted by molar-refractivity contribution is 9.10. The monoisotopic (exact) mass is 368 g/mol. The summed E-state index contributed by atoms with van der Waals surface area (Å²) in [5, 5.41) is 3.22. The number of nitrogens with one attached hydrogen (secondary N) is 1. The molecule has 0 radical (unpaired) electrons. The van der Waals surface area contributed by atoms with Gasteiger partial charge in [-0.05, 0) is 59.3 Å². The van der Waals surface area contributed by atoms with E-state index in [1.807, 2.05) is 6.92 Å². The van der Waals surface area contributed by atoms with Gasteiger partial charge >= 0.3 is 0 Å². The molecule has 2 aromatic rings. The van der Waals surface area contributed by atoms with Gasteiger partial charge in [0.05, 0.1) is 17.2 Å². The summed E-state index contributed by atoms with van der Waals surface area (Å²) >= 11 is 9.42. The third-order valence-electron chi connectivity index (χ3n) is 2.72. The van der Waals surface area contributed by atoms with Gasteiger partial charge in [-0.1, -0.05) is 11.6 Å². The minimum absolute atomic E-state index is 0.269. The number of nitrogen functional groups attached to an aromatic ring is 1. The second-order valence-corrected chi connectivity index (χ2v) is 5.53. The first-order valence-electron chi connectivity index (χ1n) is 6.30. The lowest BCUT2D eigenvalue weighted by atomic mass is 10.2. The van der Waals surface area contributed by atoms with Crippen molar-refractivity contribution in [1.29, 1.82) is 0 Å². The number of carbonyl (C=O) groups excluding carboxylic acids is 1. The number of benzene rings is 2. The lowest BCUT2D eigenvalue weighted by Gasteiger charge is -2.10. The summed E-state index contributed by atoms with van der Waals surface area (Å²) in [5.41, 5.74) is 7.26. The average molecular weight is 370 g/mol. The van der Waals surface area contributed by atoms with Crippen molar-refractivity contribution in [2.45, 2.75) is 6.92 Å². The highest BCUT2D eigenvalue weighted by Crippen LogP contribution is 2.28. The molecule has 6 heteroatoms. The van der Waals surface area contributed by atoms with Gasteiger partial charge in [-0.2, -0.15) is 0 Å². The molecule has 0 bridgehead atoms. The van der Waals surface area contributed by atoms with E-state index in [1.165, 1.54) is 0 Å². The summed E-state index contributed by atoms with van der Waals surface area (Å²) in [7, 11) is 0. The molecule has 110 valence electrons. The van der Waals surface area contributed by atoms with Crippen molar-refractivity contribution in [2.75, 3.05) is 17.7 Å². The van der Waals surface area contributed by atoms with Crippen LogP contribution in [0.2, 0.25) is 5.02 Å². The number of nitrogens with two attached hydrogens (primary N) is 1. The minimum Gasteiger partial charge on any atom is -0.492 e. The second kappa shape index (κ2) is 6.83. The van der Waals surface area contributed by atoms with Gasteiger partial charge in [0, 0.05) is 15.8 Å². The number of ether oxygens (including phenoxy) is 1. The van der Waals surface area contributed by atoms with Gasteiger partial charge in [0.25, 0.3) is 5.91 Å². The van der Waals surface area contributed by atoms with Crippen LogP contribution in [0, 0.1) is 0 Å². The molecule has 2 aromatic carbocycles. The van der Waals surface area contributed by atoms with Crippen LogP contribution in [0.4, 0.5) is 11.4 Å². The van der Waals surface area contributed by atoms with E-state index in [1.54, 1.807) is 36.4 Å². The second-order valence-electron chi connectivity index (χ2n) is 4.27. The summed E-state index contributed by atoms with van der Waals surface area (Å²) in [6.07, 6.45) is 0. The predicted molar refractivity (Wildman–Crippen MR) is 89.1 cm³/mol. The van der Waals surface area contributed by atoms with E-state index in [0.717, 1.165) is 0 Å². The SMILES string of the molecule is CCOc1ccc(NC(=O)c2cc(N)ccc2Br)cc1Cl. The number of rotatable bonds is 4. The van der Waals surface area contributed by atoms with Crippen molar-refractivity contribution in [1.82, 2.24) is 0 Å². The number of hydrogen-bond acceptors (Lipinski definition) is 3. The molecule has 0 saturated carbocycles. The van der Waals surface area contributed by atoms with Gasteiger partial charge in [-0.25, -0.2) is 0 Å². The first kappa shape index (κ1) is 15.7. The Bertz CT molecular complexity index is 677. The van der Waals surface area contributed by atoms with E-state index < -0.39 is 0 Å². The Hall–Kier alpha value is -1.72. The molecule has 0 heterocycles. The molecule has 2 rings (SSSR count). The van der Waals surface area contributed by atoms with Crippen molar-refractivity contribution in [3.63, 3.8) is 0 Å². The molecule has 0 saturated heterocycles. The number of halogens is 2. The van der Waals surface area contributed by atoms with E-state index in [2.05, 4.69) is 21.2 Å². The van der Waals surface area contributed by atoms with E-state index in [9.17, 15) is 4.79 Å². The number of carbonyl (C=O) groups is 1. The third kappa shape index (κ3) is 3.89. The molecule has 0 atom stereocenters. The fraction of sp³-hybridized carbons (Fsp3) is 0.133. The quantitative estimate of drug-likeness (QED) is 0.788. The molecule has 0 aromatic heterocycles. The van der Waals surface area contributed by atoms with Crippen molar-refractivity contribution < 1.29 is 9.53 Å². The molecule has 4 nitrogen and oxygen atoms in total. The van der Waals surface area contributed by atoms with E-state index in [0.29, 0.717) is 38.8 Å². The zero-order valence-corrected chi connectivity index (χ0v) is 13.7.